The normalized spacial score (nSPS) is 14.0. The van der Waals surface area contributed by atoms with Crippen LogP contribution in [-0.4, -0.2) is 24.3 Å². The Morgan fingerprint density at radius 2 is 1.86 bits per heavy atom. The van der Waals surface area contributed by atoms with Gasteiger partial charge in [-0.3, -0.25) is 4.72 Å². The maximum atomic E-state index is 11.1. The van der Waals surface area contributed by atoms with Crippen molar-refractivity contribution >= 4 is 15.7 Å². The van der Waals surface area contributed by atoms with Gasteiger partial charge in [-0.05, 0) is 24.6 Å². The number of hydrogen-bond acceptors (Lipinski definition) is 3. The van der Waals surface area contributed by atoms with Crippen LogP contribution in [0.3, 0.4) is 0 Å². The van der Waals surface area contributed by atoms with Crippen molar-refractivity contribution in [1.82, 2.24) is 4.57 Å². The zero-order valence-corrected chi connectivity index (χ0v) is 14.2. The molecule has 8 heteroatoms. The van der Waals surface area contributed by atoms with Crippen molar-refractivity contribution in [3.05, 3.63) is 48.5 Å². The summed E-state index contributed by atoms with van der Waals surface area (Å²) in [4.78, 5) is 0. The van der Waals surface area contributed by atoms with E-state index in [0.717, 1.165) is 11.8 Å². The molecule has 2 aromatic rings. The molecule has 0 fully saturated rings. The molecule has 1 heterocycles. The Kier molecular flexibility index (Phi) is 5.99. The van der Waals surface area contributed by atoms with Crippen LogP contribution in [0.2, 0.25) is 0 Å². The van der Waals surface area contributed by atoms with Crippen LogP contribution in [-0.2, 0) is 17.1 Å². The number of aliphatic hydroxyl groups is 1. The van der Waals surface area contributed by atoms with Crippen molar-refractivity contribution in [2.75, 3.05) is 11.0 Å². The maximum Gasteiger partial charge on any atom is 0.243 e. The summed E-state index contributed by atoms with van der Waals surface area (Å²) in [6.45, 7) is 1.92. The van der Waals surface area contributed by atoms with E-state index in [1.807, 2.05) is 41.8 Å². The quantitative estimate of drug-likeness (QED) is 0.615. The minimum absolute atomic E-state index is 0. The highest BCUT2D eigenvalue weighted by Crippen LogP contribution is 2.26. The van der Waals surface area contributed by atoms with Crippen LogP contribution >= 0.6 is 0 Å². The summed E-state index contributed by atoms with van der Waals surface area (Å²) >= 11 is 0. The fourth-order valence-electron chi connectivity index (χ4n) is 2.11. The van der Waals surface area contributed by atoms with Gasteiger partial charge in [0, 0.05) is 5.69 Å². The summed E-state index contributed by atoms with van der Waals surface area (Å²) in [7, 11) is -1.37. The minimum Gasteiger partial charge on any atom is -1.00 e. The zero-order valence-electron chi connectivity index (χ0n) is 12.6. The molecule has 2 rings (SSSR count). The van der Waals surface area contributed by atoms with Crippen molar-refractivity contribution in [2.24, 2.45) is 7.05 Å². The first-order valence-corrected chi connectivity index (χ1v) is 8.44. The van der Waals surface area contributed by atoms with Crippen LogP contribution in [0.25, 0.3) is 0 Å². The second kappa shape index (κ2) is 7.13. The average molecular weight is 346 g/mol. The van der Waals surface area contributed by atoms with Crippen molar-refractivity contribution in [3.8, 4) is 0 Å². The molecule has 2 atom stereocenters. The summed E-state index contributed by atoms with van der Waals surface area (Å²) in [5, 5.41) is 10.4. The second-order valence-electron chi connectivity index (χ2n) is 5.21. The van der Waals surface area contributed by atoms with Crippen LogP contribution in [0.1, 0.15) is 24.6 Å². The number of benzene rings is 1. The first-order chi connectivity index (χ1) is 9.76. The Morgan fingerprint density at radius 3 is 2.32 bits per heavy atom. The van der Waals surface area contributed by atoms with E-state index in [1.54, 1.807) is 24.3 Å². The Balaban J connectivity index is 0.00000242. The Labute approximate surface area is 136 Å². The SMILES string of the molecule is CC(C(O)c1ccc(NS(C)(=O)=O)cc1)n1cc[n+](C)c1.[Cl-]. The average Bonchev–Trinajstić information content (AvgIpc) is 2.83. The van der Waals surface area contributed by atoms with Crippen LogP contribution in [0.4, 0.5) is 5.69 Å². The molecule has 1 aromatic carbocycles. The zero-order chi connectivity index (χ0) is 15.6. The first kappa shape index (κ1) is 18.5. The number of aliphatic hydroxyl groups excluding tert-OH is 1. The molecule has 2 unspecified atom stereocenters. The first-order valence-electron chi connectivity index (χ1n) is 6.55. The number of hydrogen-bond donors (Lipinski definition) is 2. The van der Waals surface area contributed by atoms with Crippen molar-refractivity contribution in [1.29, 1.82) is 0 Å². The smallest absolute Gasteiger partial charge is 0.243 e. The second-order valence-corrected chi connectivity index (χ2v) is 6.96. The third-order valence-electron chi connectivity index (χ3n) is 3.27. The van der Waals surface area contributed by atoms with Gasteiger partial charge in [0.25, 0.3) is 0 Å². The fourth-order valence-corrected chi connectivity index (χ4v) is 2.68. The van der Waals surface area contributed by atoms with Crippen LogP contribution in [0.5, 0.6) is 0 Å². The molecule has 1 aromatic heterocycles. The molecule has 122 valence electrons. The van der Waals surface area contributed by atoms with E-state index < -0.39 is 16.1 Å². The van der Waals surface area contributed by atoms with Crippen molar-refractivity contribution in [2.45, 2.75) is 19.1 Å². The van der Waals surface area contributed by atoms with Gasteiger partial charge < -0.3 is 17.5 Å². The molecule has 6 nitrogen and oxygen atoms in total. The van der Waals surface area contributed by atoms with Crippen LogP contribution in [0, 0.1) is 0 Å². The number of sulfonamides is 1. The van der Waals surface area contributed by atoms with Gasteiger partial charge in [-0.1, -0.05) is 12.1 Å². The van der Waals surface area contributed by atoms with Crippen molar-refractivity contribution < 1.29 is 30.5 Å². The summed E-state index contributed by atoms with van der Waals surface area (Å²) in [6.07, 6.45) is 6.12. The molecule has 0 spiro atoms. The fraction of sp³-hybridized carbons (Fsp3) is 0.357. The molecular weight excluding hydrogens is 326 g/mol. The van der Waals surface area contributed by atoms with E-state index in [-0.39, 0.29) is 18.4 Å². The topological polar surface area (TPSA) is 75.2 Å². The lowest BCUT2D eigenvalue weighted by Crippen LogP contribution is -3.00. The molecule has 0 bridgehead atoms. The lowest BCUT2D eigenvalue weighted by molar-refractivity contribution is -0.671. The molecule has 0 saturated carbocycles. The number of nitrogens with one attached hydrogen (secondary N) is 1. The standard InChI is InChI=1S/C14H20N3O3S.ClH/c1-11(17-9-8-16(2)10-17)14(18)12-4-6-13(7-5-12)15-21(3,19)20;/h4-11,14-15,18H,1-3H3;1H/q+1;/p-1. The number of halogens is 1. The maximum absolute atomic E-state index is 11.1. The van der Waals surface area contributed by atoms with Crippen LogP contribution < -0.4 is 21.7 Å². The predicted octanol–water partition coefficient (Wildman–Crippen LogP) is -2.02. The summed E-state index contributed by atoms with van der Waals surface area (Å²) in [5.41, 5.74) is 1.21. The summed E-state index contributed by atoms with van der Waals surface area (Å²) in [6, 6.07) is 6.60. The van der Waals surface area contributed by atoms with E-state index >= 15 is 0 Å². The van der Waals surface area contributed by atoms with E-state index in [1.165, 1.54) is 0 Å². The monoisotopic (exact) mass is 345 g/mol. The molecule has 22 heavy (non-hydrogen) atoms. The highest BCUT2D eigenvalue weighted by Gasteiger charge is 2.22. The number of aromatic nitrogens is 2. The molecule has 0 aliphatic carbocycles. The van der Waals surface area contributed by atoms with Gasteiger partial charge in [0.2, 0.25) is 16.4 Å². The van der Waals surface area contributed by atoms with Gasteiger partial charge in [0.15, 0.2) is 0 Å². The van der Waals surface area contributed by atoms with Crippen molar-refractivity contribution in [3.63, 3.8) is 0 Å². The lowest BCUT2D eigenvalue weighted by Gasteiger charge is -2.17. The molecule has 0 aliphatic rings. The van der Waals surface area contributed by atoms with Gasteiger partial charge in [-0.25, -0.2) is 17.6 Å². The number of anilines is 1. The van der Waals surface area contributed by atoms with Gasteiger partial charge in [-0.2, -0.15) is 0 Å². The molecule has 0 amide bonds. The molecule has 2 N–H and O–H groups in total. The van der Waals surface area contributed by atoms with Gasteiger partial charge in [-0.15, -0.1) is 0 Å². The molecule has 0 saturated heterocycles. The highest BCUT2D eigenvalue weighted by molar-refractivity contribution is 7.92. The largest absolute Gasteiger partial charge is 1.00 e. The molecule has 0 aliphatic heterocycles. The molecular formula is C14H20ClN3O3S. The number of rotatable bonds is 5. The number of aryl methyl sites for hydroxylation is 1. The summed E-state index contributed by atoms with van der Waals surface area (Å²) < 4.78 is 28.5. The minimum atomic E-state index is -3.29. The van der Waals surface area contributed by atoms with Crippen LogP contribution in [0.15, 0.2) is 43.0 Å². The van der Waals surface area contributed by atoms with E-state index in [2.05, 4.69) is 4.72 Å². The Morgan fingerprint density at radius 1 is 1.27 bits per heavy atom. The van der Waals surface area contributed by atoms with E-state index in [0.29, 0.717) is 5.69 Å². The lowest BCUT2D eigenvalue weighted by atomic mass is 10.0. The Hall–Kier alpha value is -1.57. The number of nitrogens with zero attached hydrogens (tertiary/aromatic N) is 2. The predicted molar refractivity (Wildman–Crippen MR) is 80.2 cm³/mol. The Bertz CT molecular complexity index is 713. The highest BCUT2D eigenvalue weighted by atomic mass is 35.5. The van der Waals surface area contributed by atoms with Gasteiger partial charge >= 0.3 is 0 Å². The van der Waals surface area contributed by atoms with E-state index in [4.69, 9.17) is 0 Å². The van der Waals surface area contributed by atoms with Gasteiger partial charge in [0.1, 0.15) is 24.5 Å². The van der Waals surface area contributed by atoms with E-state index in [9.17, 15) is 13.5 Å². The third kappa shape index (κ3) is 4.72. The number of imidazole rings is 1. The third-order valence-corrected chi connectivity index (χ3v) is 3.88. The molecule has 0 radical (unpaired) electrons. The van der Waals surface area contributed by atoms with Gasteiger partial charge in [0.05, 0.1) is 13.3 Å². The summed E-state index contributed by atoms with van der Waals surface area (Å²) in [5.74, 6) is 0.